The van der Waals surface area contributed by atoms with Gasteiger partial charge in [0.05, 0.1) is 0 Å². The van der Waals surface area contributed by atoms with Crippen molar-refractivity contribution >= 4 is 11.8 Å². The molecule has 1 N–H and O–H groups in total. The average Bonchev–Trinajstić information content (AvgIpc) is 2.16. The van der Waals surface area contributed by atoms with Crippen molar-refractivity contribution in [1.82, 2.24) is 5.32 Å². The topological polar surface area (TPSA) is 12.0 Å². The highest BCUT2D eigenvalue weighted by atomic mass is 32.2. The maximum atomic E-state index is 14.0. The molecule has 0 spiro atoms. The molecule has 0 aliphatic carbocycles. The van der Waals surface area contributed by atoms with Gasteiger partial charge in [0.25, 0.3) is 0 Å². The molecule has 0 radical (unpaired) electrons. The molecule has 0 unspecified atom stereocenters. The zero-order chi connectivity index (χ0) is 14.0. The van der Waals surface area contributed by atoms with Crippen LogP contribution in [0.1, 0.15) is 47.1 Å². The SMILES string of the molecule is CC(C)(C)NCc1cccc(F)c1SC(C)(C)C. The first-order valence-corrected chi connectivity index (χ1v) is 7.11. The first kappa shape index (κ1) is 15.5. The van der Waals surface area contributed by atoms with Gasteiger partial charge in [-0.15, -0.1) is 11.8 Å². The average molecular weight is 269 g/mol. The molecule has 0 aliphatic rings. The van der Waals surface area contributed by atoms with E-state index in [4.69, 9.17) is 0 Å². The zero-order valence-electron chi connectivity index (χ0n) is 12.2. The van der Waals surface area contributed by atoms with Crippen molar-refractivity contribution in [3.05, 3.63) is 29.6 Å². The molecule has 0 saturated heterocycles. The molecule has 0 fully saturated rings. The normalized spacial score (nSPS) is 12.8. The summed E-state index contributed by atoms with van der Waals surface area (Å²) in [4.78, 5) is 0.766. The third kappa shape index (κ3) is 5.40. The van der Waals surface area contributed by atoms with E-state index in [-0.39, 0.29) is 16.1 Å². The van der Waals surface area contributed by atoms with Crippen molar-refractivity contribution in [1.29, 1.82) is 0 Å². The first-order chi connectivity index (χ1) is 8.08. The summed E-state index contributed by atoms with van der Waals surface area (Å²) < 4.78 is 14.0. The van der Waals surface area contributed by atoms with Gasteiger partial charge in [-0.3, -0.25) is 0 Å². The summed E-state index contributed by atoms with van der Waals surface area (Å²) in [5.41, 5.74) is 1.07. The molecule has 0 aromatic heterocycles. The van der Waals surface area contributed by atoms with Gasteiger partial charge in [0, 0.05) is 21.7 Å². The predicted octanol–water partition coefficient (Wildman–Crippen LogP) is 4.60. The van der Waals surface area contributed by atoms with Gasteiger partial charge in [0.1, 0.15) is 5.82 Å². The van der Waals surface area contributed by atoms with Crippen LogP contribution in [0.4, 0.5) is 4.39 Å². The molecule has 0 bridgehead atoms. The van der Waals surface area contributed by atoms with Crippen LogP contribution in [-0.2, 0) is 6.54 Å². The van der Waals surface area contributed by atoms with Crippen LogP contribution in [0.15, 0.2) is 23.1 Å². The van der Waals surface area contributed by atoms with Gasteiger partial charge in [0.2, 0.25) is 0 Å². The first-order valence-electron chi connectivity index (χ1n) is 6.30. The molecule has 0 amide bonds. The van der Waals surface area contributed by atoms with Crippen LogP contribution in [0, 0.1) is 5.82 Å². The van der Waals surface area contributed by atoms with Crippen LogP contribution in [0.25, 0.3) is 0 Å². The minimum Gasteiger partial charge on any atom is -0.308 e. The van der Waals surface area contributed by atoms with Crippen LogP contribution in [-0.4, -0.2) is 10.3 Å². The highest BCUT2D eigenvalue weighted by Crippen LogP contribution is 2.36. The van der Waals surface area contributed by atoms with Gasteiger partial charge in [0.15, 0.2) is 0 Å². The fourth-order valence-electron chi connectivity index (χ4n) is 1.47. The van der Waals surface area contributed by atoms with E-state index in [1.165, 1.54) is 6.07 Å². The molecular formula is C15H24FNS. The van der Waals surface area contributed by atoms with Crippen molar-refractivity contribution in [2.75, 3.05) is 0 Å². The van der Waals surface area contributed by atoms with Crippen molar-refractivity contribution in [3.8, 4) is 0 Å². The molecule has 18 heavy (non-hydrogen) atoms. The summed E-state index contributed by atoms with van der Waals surface area (Å²) in [5, 5.41) is 3.41. The molecule has 1 rings (SSSR count). The second-order valence-corrected chi connectivity index (χ2v) is 8.38. The second kappa shape index (κ2) is 5.62. The smallest absolute Gasteiger partial charge is 0.137 e. The fourth-order valence-corrected chi connectivity index (χ4v) is 2.52. The summed E-state index contributed by atoms with van der Waals surface area (Å²) in [5.74, 6) is -0.122. The van der Waals surface area contributed by atoms with Crippen molar-refractivity contribution in [3.63, 3.8) is 0 Å². The van der Waals surface area contributed by atoms with E-state index in [9.17, 15) is 4.39 Å². The Kier molecular flexibility index (Phi) is 4.84. The van der Waals surface area contributed by atoms with Crippen molar-refractivity contribution in [2.24, 2.45) is 0 Å². The summed E-state index contributed by atoms with van der Waals surface area (Å²) in [6, 6.07) is 5.31. The lowest BCUT2D eigenvalue weighted by molar-refractivity contribution is 0.421. The van der Waals surface area contributed by atoms with Crippen LogP contribution in [0.3, 0.4) is 0 Å². The molecule has 0 heterocycles. The van der Waals surface area contributed by atoms with Crippen LogP contribution < -0.4 is 5.32 Å². The van der Waals surface area contributed by atoms with Crippen molar-refractivity contribution < 1.29 is 4.39 Å². The number of nitrogens with one attached hydrogen (secondary N) is 1. The number of hydrogen-bond donors (Lipinski definition) is 1. The molecule has 3 heteroatoms. The quantitative estimate of drug-likeness (QED) is 0.805. The van der Waals surface area contributed by atoms with Gasteiger partial charge >= 0.3 is 0 Å². The predicted molar refractivity (Wildman–Crippen MR) is 78.6 cm³/mol. The van der Waals surface area contributed by atoms with Crippen LogP contribution >= 0.6 is 11.8 Å². The van der Waals surface area contributed by atoms with Crippen LogP contribution in [0.2, 0.25) is 0 Å². The maximum absolute atomic E-state index is 14.0. The van der Waals surface area contributed by atoms with Crippen LogP contribution in [0.5, 0.6) is 0 Å². The Labute approximate surface area is 115 Å². The second-order valence-electron chi connectivity index (χ2n) is 6.55. The van der Waals surface area contributed by atoms with Gasteiger partial charge < -0.3 is 5.32 Å². The number of rotatable bonds is 3. The van der Waals surface area contributed by atoms with E-state index in [1.54, 1.807) is 17.8 Å². The Hall–Kier alpha value is -0.540. The monoisotopic (exact) mass is 269 g/mol. The molecule has 0 atom stereocenters. The maximum Gasteiger partial charge on any atom is 0.137 e. The third-order valence-electron chi connectivity index (χ3n) is 2.27. The van der Waals surface area contributed by atoms with E-state index < -0.39 is 0 Å². The number of thioether (sulfide) groups is 1. The zero-order valence-corrected chi connectivity index (χ0v) is 13.0. The number of hydrogen-bond acceptors (Lipinski definition) is 2. The molecule has 1 nitrogen and oxygen atoms in total. The highest BCUT2D eigenvalue weighted by molar-refractivity contribution is 8.00. The highest BCUT2D eigenvalue weighted by Gasteiger charge is 2.19. The summed E-state index contributed by atoms with van der Waals surface area (Å²) in [6.07, 6.45) is 0. The minimum absolute atomic E-state index is 0.0126. The number of halogens is 1. The standard InChI is InChI=1S/C15H24FNS/c1-14(2,3)17-10-11-8-7-9-12(16)13(11)18-15(4,5)6/h7-9,17H,10H2,1-6H3. The number of benzene rings is 1. The Morgan fingerprint density at radius 2 is 1.72 bits per heavy atom. The lowest BCUT2D eigenvalue weighted by Crippen LogP contribution is -2.35. The van der Waals surface area contributed by atoms with Gasteiger partial charge in [-0.25, -0.2) is 4.39 Å². The Morgan fingerprint density at radius 3 is 2.22 bits per heavy atom. The lowest BCUT2D eigenvalue weighted by Gasteiger charge is -2.24. The third-order valence-corrected chi connectivity index (χ3v) is 3.54. The van der Waals surface area contributed by atoms with E-state index in [0.29, 0.717) is 6.54 Å². The molecule has 0 aliphatic heterocycles. The van der Waals surface area contributed by atoms with Gasteiger partial charge in [-0.05, 0) is 32.4 Å². The summed E-state index contributed by atoms with van der Waals surface area (Å²) in [7, 11) is 0. The molecule has 0 saturated carbocycles. The lowest BCUT2D eigenvalue weighted by atomic mass is 10.1. The Balaban J connectivity index is 2.94. The Morgan fingerprint density at radius 1 is 1.11 bits per heavy atom. The molecule has 102 valence electrons. The van der Waals surface area contributed by atoms with Gasteiger partial charge in [-0.2, -0.15) is 0 Å². The fraction of sp³-hybridized carbons (Fsp3) is 0.600. The largest absolute Gasteiger partial charge is 0.308 e. The van der Waals surface area contributed by atoms with E-state index in [0.717, 1.165) is 10.5 Å². The van der Waals surface area contributed by atoms with E-state index in [1.807, 2.05) is 6.07 Å². The summed E-state index contributed by atoms with van der Waals surface area (Å²) in [6.45, 7) is 13.3. The molecular weight excluding hydrogens is 245 g/mol. The molecule has 1 aromatic carbocycles. The van der Waals surface area contributed by atoms with E-state index >= 15 is 0 Å². The van der Waals surface area contributed by atoms with E-state index in [2.05, 4.69) is 46.9 Å². The molecule has 1 aromatic rings. The minimum atomic E-state index is -0.122. The summed E-state index contributed by atoms with van der Waals surface area (Å²) >= 11 is 1.59. The Bertz CT molecular complexity index is 402. The van der Waals surface area contributed by atoms with Crippen molar-refractivity contribution in [2.45, 2.75) is 63.3 Å². The van der Waals surface area contributed by atoms with Gasteiger partial charge in [-0.1, -0.05) is 32.9 Å².